The van der Waals surface area contributed by atoms with E-state index in [1.165, 1.54) is 0 Å². The van der Waals surface area contributed by atoms with Gasteiger partial charge in [-0.2, -0.15) is 0 Å². The first-order valence-corrected chi connectivity index (χ1v) is 9.06. The van der Waals surface area contributed by atoms with Crippen LogP contribution >= 0.6 is 11.6 Å². The van der Waals surface area contributed by atoms with Crippen LogP contribution in [0.4, 0.5) is 5.69 Å². The lowest BCUT2D eigenvalue weighted by atomic mass is 10.2. The fourth-order valence-corrected chi connectivity index (χ4v) is 2.79. The van der Waals surface area contributed by atoms with E-state index >= 15 is 0 Å². The summed E-state index contributed by atoms with van der Waals surface area (Å²) in [6, 6.07) is 14.2. The van der Waals surface area contributed by atoms with Crippen molar-refractivity contribution in [3.63, 3.8) is 0 Å². The molecule has 3 rings (SSSR count). The van der Waals surface area contributed by atoms with Crippen molar-refractivity contribution in [2.75, 3.05) is 18.5 Å². The van der Waals surface area contributed by atoms with Gasteiger partial charge >= 0.3 is 0 Å². The van der Waals surface area contributed by atoms with E-state index in [9.17, 15) is 4.79 Å². The van der Waals surface area contributed by atoms with E-state index in [1.54, 1.807) is 37.3 Å². The number of carbonyl (C=O) groups is 1. The number of hydrogen-bond acceptors (Lipinski definition) is 4. The molecule has 5 nitrogen and oxygen atoms in total. The van der Waals surface area contributed by atoms with Gasteiger partial charge in [-0.05, 0) is 56.2 Å². The average molecular weight is 376 g/mol. The molecule has 1 heterocycles. The van der Waals surface area contributed by atoms with E-state index in [0.717, 1.165) is 19.4 Å². The summed E-state index contributed by atoms with van der Waals surface area (Å²) in [6.07, 6.45) is 1.51. The monoisotopic (exact) mass is 375 g/mol. The van der Waals surface area contributed by atoms with Gasteiger partial charge in [0.1, 0.15) is 18.1 Å². The predicted molar refractivity (Wildman–Crippen MR) is 101 cm³/mol. The Morgan fingerprint density at radius 1 is 1.27 bits per heavy atom. The Labute approximate surface area is 158 Å². The summed E-state index contributed by atoms with van der Waals surface area (Å²) in [5, 5.41) is 3.48. The highest BCUT2D eigenvalue weighted by atomic mass is 35.5. The van der Waals surface area contributed by atoms with Crippen LogP contribution < -0.4 is 14.8 Å². The van der Waals surface area contributed by atoms with Crippen LogP contribution in [0.2, 0.25) is 5.02 Å². The van der Waals surface area contributed by atoms with Crippen molar-refractivity contribution >= 4 is 23.2 Å². The van der Waals surface area contributed by atoms with Gasteiger partial charge in [0, 0.05) is 11.6 Å². The van der Waals surface area contributed by atoms with Crippen molar-refractivity contribution in [2.24, 2.45) is 0 Å². The Bertz CT molecular complexity index is 729. The van der Waals surface area contributed by atoms with Crippen molar-refractivity contribution < 1.29 is 19.0 Å². The van der Waals surface area contributed by atoms with Crippen molar-refractivity contribution in [3.8, 4) is 11.5 Å². The topological polar surface area (TPSA) is 56.8 Å². The molecule has 1 fully saturated rings. The van der Waals surface area contributed by atoms with Crippen LogP contribution in [0.3, 0.4) is 0 Å². The highest BCUT2D eigenvalue weighted by molar-refractivity contribution is 6.30. The fourth-order valence-electron chi connectivity index (χ4n) is 2.66. The molecular formula is C20H22ClNO4. The number of para-hydroxylation sites is 2. The molecule has 138 valence electrons. The van der Waals surface area contributed by atoms with Crippen molar-refractivity contribution in [2.45, 2.75) is 32.0 Å². The fraction of sp³-hybridized carbons (Fsp3) is 0.350. The SMILES string of the molecule is C[C@@H](Oc1ccc(Cl)cc1)C(=O)Nc1ccccc1OC[C@H]1CCCO1. The van der Waals surface area contributed by atoms with Crippen LogP contribution in [0.1, 0.15) is 19.8 Å². The largest absolute Gasteiger partial charge is 0.489 e. The smallest absolute Gasteiger partial charge is 0.265 e. The summed E-state index contributed by atoms with van der Waals surface area (Å²) in [4.78, 5) is 12.5. The Morgan fingerprint density at radius 3 is 2.77 bits per heavy atom. The number of benzene rings is 2. The summed E-state index contributed by atoms with van der Waals surface area (Å²) >= 11 is 5.85. The molecule has 0 radical (unpaired) electrons. The third-order valence-corrected chi connectivity index (χ3v) is 4.34. The van der Waals surface area contributed by atoms with Crippen LogP contribution in [-0.4, -0.2) is 31.3 Å². The summed E-state index contributed by atoms with van der Waals surface area (Å²) in [5.41, 5.74) is 0.613. The molecule has 1 N–H and O–H groups in total. The molecule has 6 heteroatoms. The number of ether oxygens (including phenoxy) is 3. The van der Waals surface area contributed by atoms with Gasteiger partial charge in [0.2, 0.25) is 0 Å². The molecule has 0 unspecified atom stereocenters. The second-order valence-corrected chi connectivity index (χ2v) is 6.58. The standard InChI is InChI=1S/C20H22ClNO4/c1-14(26-16-10-8-15(21)9-11-16)20(23)22-18-6-2-3-7-19(18)25-13-17-5-4-12-24-17/h2-3,6-11,14,17H,4-5,12-13H2,1H3,(H,22,23)/t14-,17-/m1/s1. The third-order valence-electron chi connectivity index (χ3n) is 4.09. The normalized spacial score (nSPS) is 17.5. The second-order valence-electron chi connectivity index (χ2n) is 6.15. The Morgan fingerprint density at radius 2 is 2.04 bits per heavy atom. The van der Waals surface area contributed by atoms with E-state index in [1.807, 2.05) is 18.2 Å². The van der Waals surface area contributed by atoms with Crippen LogP contribution in [-0.2, 0) is 9.53 Å². The van der Waals surface area contributed by atoms with Crippen molar-refractivity contribution in [3.05, 3.63) is 53.6 Å². The molecule has 0 saturated carbocycles. The van der Waals surface area contributed by atoms with E-state index < -0.39 is 6.10 Å². The zero-order valence-corrected chi connectivity index (χ0v) is 15.4. The number of nitrogens with one attached hydrogen (secondary N) is 1. The number of anilines is 1. The lowest BCUT2D eigenvalue weighted by molar-refractivity contribution is -0.122. The molecule has 2 aromatic carbocycles. The first-order chi connectivity index (χ1) is 12.6. The van der Waals surface area contributed by atoms with Crippen LogP contribution in [0.25, 0.3) is 0 Å². The minimum Gasteiger partial charge on any atom is -0.489 e. The van der Waals surface area contributed by atoms with E-state index in [0.29, 0.717) is 28.8 Å². The van der Waals surface area contributed by atoms with Crippen LogP contribution in [0.15, 0.2) is 48.5 Å². The van der Waals surface area contributed by atoms with Gasteiger partial charge in [0.25, 0.3) is 5.91 Å². The molecule has 1 amide bonds. The molecule has 26 heavy (non-hydrogen) atoms. The molecule has 1 aliphatic heterocycles. The van der Waals surface area contributed by atoms with Gasteiger partial charge in [-0.25, -0.2) is 0 Å². The molecule has 1 saturated heterocycles. The Balaban J connectivity index is 1.58. The highest BCUT2D eigenvalue weighted by Gasteiger charge is 2.19. The third kappa shape index (κ3) is 5.13. The molecule has 1 aliphatic rings. The lowest BCUT2D eigenvalue weighted by Crippen LogP contribution is -2.30. The molecular weight excluding hydrogens is 354 g/mol. The number of halogens is 1. The second kappa shape index (κ2) is 8.92. The van der Waals surface area contributed by atoms with Gasteiger partial charge in [-0.3, -0.25) is 4.79 Å². The van der Waals surface area contributed by atoms with Gasteiger partial charge < -0.3 is 19.5 Å². The zero-order valence-electron chi connectivity index (χ0n) is 14.6. The maximum atomic E-state index is 12.5. The Kier molecular flexibility index (Phi) is 6.36. The number of amides is 1. The van der Waals surface area contributed by atoms with Gasteiger partial charge in [0.15, 0.2) is 6.10 Å². The lowest BCUT2D eigenvalue weighted by Gasteiger charge is -2.18. The van der Waals surface area contributed by atoms with E-state index in [2.05, 4.69) is 5.32 Å². The maximum absolute atomic E-state index is 12.5. The highest BCUT2D eigenvalue weighted by Crippen LogP contribution is 2.25. The molecule has 0 bridgehead atoms. The van der Waals surface area contributed by atoms with E-state index in [4.69, 9.17) is 25.8 Å². The summed E-state index contributed by atoms with van der Waals surface area (Å²) < 4.78 is 17.1. The first kappa shape index (κ1) is 18.5. The van der Waals surface area contributed by atoms with Crippen molar-refractivity contribution in [1.82, 2.24) is 0 Å². The average Bonchev–Trinajstić information content (AvgIpc) is 3.16. The van der Waals surface area contributed by atoms with Crippen LogP contribution in [0, 0.1) is 0 Å². The minimum atomic E-state index is -0.664. The predicted octanol–water partition coefficient (Wildman–Crippen LogP) is 4.30. The minimum absolute atomic E-state index is 0.117. The number of rotatable bonds is 7. The molecule has 2 atom stereocenters. The zero-order chi connectivity index (χ0) is 18.4. The van der Waals surface area contributed by atoms with Gasteiger partial charge in [0.05, 0.1) is 11.8 Å². The maximum Gasteiger partial charge on any atom is 0.265 e. The quantitative estimate of drug-likeness (QED) is 0.783. The van der Waals surface area contributed by atoms with E-state index in [-0.39, 0.29) is 12.0 Å². The summed E-state index contributed by atoms with van der Waals surface area (Å²) in [7, 11) is 0. The summed E-state index contributed by atoms with van der Waals surface area (Å²) in [5.74, 6) is 0.947. The van der Waals surface area contributed by atoms with Gasteiger partial charge in [-0.15, -0.1) is 0 Å². The molecule has 0 aromatic heterocycles. The van der Waals surface area contributed by atoms with Crippen molar-refractivity contribution in [1.29, 1.82) is 0 Å². The number of carbonyl (C=O) groups excluding carboxylic acids is 1. The number of hydrogen-bond donors (Lipinski definition) is 1. The molecule has 0 aliphatic carbocycles. The van der Waals surface area contributed by atoms with Crippen LogP contribution in [0.5, 0.6) is 11.5 Å². The van der Waals surface area contributed by atoms with Gasteiger partial charge in [-0.1, -0.05) is 23.7 Å². The first-order valence-electron chi connectivity index (χ1n) is 8.68. The summed E-state index contributed by atoms with van der Waals surface area (Å²) in [6.45, 7) is 2.95. The Hall–Kier alpha value is -2.24. The molecule has 0 spiro atoms. The molecule has 2 aromatic rings.